The van der Waals surface area contributed by atoms with Crippen molar-refractivity contribution in [1.29, 1.82) is 0 Å². The lowest BCUT2D eigenvalue weighted by Gasteiger charge is -2.20. The van der Waals surface area contributed by atoms with Gasteiger partial charge in [0.1, 0.15) is 0 Å². The Bertz CT molecular complexity index is 421. The molecule has 6 heteroatoms. The summed E-state index contributed by atoms with van der Waals surface area (Å²) in [6.07, 6.45) is -3.59. The van der Waals surface area contributed by atoms with Gasteiger partial charge in [-0.3, -0.25) is 0 Å². The lowest BCUT2D eigenvalue weighted by Crippen LogP contribution is -2.33. The van der Waals surface area contributed by atoms with Crippen molar-refractivity contribution in [2.24, 2.45) is 0 Å². The first-order chi connectivity index (χ1) is 9.33. The molecular weight excluding hydrogens is 310 g/mol. The maximum absolute atomic E-state index is 12.3. The molecule has 0 amide bonds. The van der Waals surface area contributed by atoms with Gasteiger partial charge in [0.2, 0.25) is 0 Å². The number of nitrogens with one attached hydrogen (secondary N) is 1. The van der Waals surface area contributed by atoms with Gasteiger partial charge in [-0.2, -0.15) is 13.2 Å². The SMILES string of the molecule is CCCNC(CCC(F)(F)F)Cc1cccc(Cl)c1Cl. The Labute approximate surface area is 127 Å². The summed E-state index contributed by atoms with van der Waals surface area (Å²) in [5.74, 6) is 0. The second kappa shape index (κ2) is 8.11. The molecule has 0 aliphatic carbocycles. The highest BCUT2D eigenvalue weighted by molar-refractivity contribution is 6.42. The lowest BCUT2D eigenvalue weighted by atomic mass is 10.0. The maximum atomic E-state index is 12.3. The zero-order valence-electron chi connectivity index (χ0n) is 11.2. The molecule has 0 radical (unpaired) electrons. The molecule has 0 saturated carbocycles. The van der Waals surface area contributed by atoms with E-state index in [9.17, 15) is 13.2 Å². The van der Waals surface area contributed by atoms with Gasteiger partial charge in [-0.15, -0.1) is 0 Å². The Kier molecular flexibility index (Phi) is 7.13. The fourth-order valence-corrected chi connectivity index (χ4v) is 2.33. The predicted molar refractivity (Wildman–Crippen MR) is 77.5 cm³/mol. The third kappa shape index (κ3) is 6.33. The molecule has 1 unspecified atom stereocenters. The predicted octanol–water partition coefficient (Wildman–Crippen LogP) is 5.25. The van der Waals surface area contributed by atoms with Crippen LogP contribution >= 0.6 is 23.2 Å². The van der Waals surface area contributed by atoms with E-state index in [1.54, 1.807) is 18.2 Å². The highest BCUT2D eigenvalue weighted by atomic mass is 35.5. The molecule has 114 valence electrons. The van der Waals surface area contributed by atoms with Crippen LogP contribution in [0.4, 0.5) is 13.2 Å². The monoisotopic (exact) mass is 327 g/mol. The number of rotatable bonds is 7. The first-order valence-electron chi connectivity index (χ1n) is 6.56. The largest absolute Gasteiger partial charge is 0.389 e. The van der Waals surface area contributed by atoms with Gasteiger partial charge in [-0.25, -0.2) is 0 Å². The highest BCUT2D eigenvalue weighted by Crippen LogP contribution is 2.28. The zero-order chi connectivity index (χ0) is 15.2. The van der Waals surface area contributed by atoms with Crippen LogP contribution in [0.2, 0.25) is 10.0 Å². The van der Waals surface area contributed by atoms with Crippen molar-refractivity contribution in [2.45, 2.75) is 44.8 Å². The van der Waals surface area contributed by atoms with Crippen LogP contribution in [0.1, 0.15) is 31.7 Å². The molecule has 1 nitrogen and oxygen atoms in total. The Morgan fingerprint density at radius 2 is 1.95 bits per heavy atom. The fraction of sp³-hybridized carbons (Fsp3) is 0.571. The third-order valence-electron chi connectivity index (χ3n) is 2.96. The summed E-state index contributed by atoms with van der Waals surface area (Å²) in [6, 6.07) is 4.96. The van der Waals surface area contributed by atoms with Gasteiger partial charge in [0.15, 0.2) is 0 Å². The Balaban J connectivity index is 2.70. The normalized spacial score (nSPS) is 13.5. The highest BCUT2D eigenvalue weighted by Gasteiger charge is 2.28. The number of alkyl halides is 3. The standard InChI is InChI=1S/C14H18Cl2F3N/c1-2-8-20-11(6-7-14(17,18)19)9-10-4-3-5-12(15)13(10)16/h3-5,11,20H,2,6-9H2,1H3. The van der Waals surface area contributed by atoms with Crippen LogP contribution in [0.25, 0.3) is 0 Å². The maximum Gasteiger partial charge on any atom is 0.389 e. The summed E-state index contributed by atoms with van der Waals surface area (Å²) in [5, 5.41) is 3.98. The molecule has 20 heavy (non-hydrogen) atoms. The van der Waals surface area contributed by atoms with E-state index in [4.69, 9.17) is 23.2 Å². The second-order valence-electron chi connectivity index (χ2n) is 4.72. The summed E-state index contributed by atoms with van der Waals surface area (Å²) in [4.78, 5) is 0. The molecule has 0 spiro atoms. The minimum atomic E-state index is -4.13. The van der Waals surface area contributed by atoms with Crippen LogP contribution in [-0.4, -0.2) is 18.8 Å². The van der Waals surface area contributed by atoms with E-state index in [2.05, 4.69) is 5.32 Å². The Morgan fingerprint density at radius 1 is 1.25 bits per heavy atom. The molecule has 1 rings (SSSR count). The van der Waals surface area contributed by atoms with Crippen molar-refractivity contribution in [2.75, 3.05) is 6.54 Å². The number of halogens is 5. The summed E-state index contributed by atoms with van der Waals surface area (Å²) in [5.41, 5.74) is 0.773. The van der Waals surface area contributed by atoms with E-state index in [-0.39, 0.29) is 12.5 Å². The molecule has 1 atom stereocenters. The fourth-order valence-electron chi connectivity index (χ4n) is 1.93. The summed E-state index contributed by atoms with van der Waals surface area (Å²) in [6.45, 7) is 2.65. The van der Waals surface area contributed by atoms with Gasteiger partial charge in [0, 0.05) is 12.5 Å². The molecule has 1 N–H and O–H groups in total. The second-order valence-corrected chi connectivity index (χ2v) is 5.51. The number of hydrogen-bond acceptors (Lipinski definition) is 1. The van der Waals surface area contributed by atoms with E-state index in [1.165, 1.54) is 0 Å². The molecule has 0 heterocycles. The molecule has 0 fully saturated rings. The molecule has 1 aromatic carbocycles. The van der Waals surface area contributed by atoms with E-state index >= 15 is 0 Å². The van der Waals surface area contributed by atoms with Gasteiger partial charge in [0.05, 0.1) is 10.0 Å². The molecule has 0 aliphatic heterocycles. The van der Waals surface area contributed by atoms with Crippen LogP contribution in [0.3, 0.4) is 0 Å². The van der Waals surface area contributed by atoms with Crippen LogP contribution in [0.5, 0.6) is 0 Å². The summed E-state index contributed by atoms with van der Waals surface area (Å²) in [7, 11) is 0. The molecular formula is C14H18Cl2F3N. The van der Waals surface area contributed by atoms with Crippen LogP contribution in [-0.2, 0) is 6.42 Å². The minimum Gasteiger partial charge on any atom is -0.314 e. The van der Waals surface area contributed by atoms with E-state index in [0.717, 1.165) is 12.0 Å². The lowest BCUT2D eigenvalue weighted by molar-refractivity contribution is -0.136. The minimum absolute atomic E-state index is 0.0341. The average molecular weight is 328 g/mol. The summed E-state index contributed by atoms with van der Waals surface area (Å²) < 4.78 is 37.0. The average Bonchev–Trinajstić information content (AvgIpc) is 2.37. The molecule has 1 aromatic rings. The first kappa shape index (κ1) is 17.6. The van der Waals surface area contributed by atoms with Crippen LogP contribution in [0.15, 0.2) is 18.2 Å². The molecule has 0 aromatic heterocycles. The number of benzene rings is 1. The van der Waals surface area contributed by atoms with Crippen molar-refractivity contribution < 1.29 is 13.2 Å². The van der Waals surface area contributed by atoms with Gasteiger partial charge < -0.3 is 5.32 Å². The molecule has 0 aliphatic rings. The van der Waals surface area contributed by atoms with Crippen molar-refractivity contribution in [3.05, 3.63) is 33.8 Å². The topological polar surface area (TPSA) is 12.0 Å². The van der Waals surface area contributed by atoms with Crippen LogP contribution < -0.4 is 5.32 Å². The van der Waals surface area contributed by atoms with Gasteiger partial charge in [-0.05, 0) is 37.4 Å². The van der Waals surface area contributed by atoms with Crippen molar-refractivity contribution in [1.82, 2.24) is 5.32 Å². The van der Waals surface area contributed by atoms with E-state index in [0.29, 0.717) is 23.0 Å². The number of hydrogen-bond donors (Lipinski definition) is 1. The van der Waals surface area contributed by atoms with Crippen molar-refractivity contribution >= 4 is 23.2 Å². The summed E-state index contributed by atoms with van der Waals surface area (Å²) >= 11 is 12.0. The van der Waals surface area contributed by atoms with Gasteiger partial charge in [-0.1, -0.05) is 42.3 Å². The molecule has 0 saturated heterocycles. The van der Waals surface area contributed by atoms with Gasteiger partial charge >= 0.3 is 6.18 Å². The Hall–Kier alpha value is -0.450. The molecule has 0 bridgehead atoms. The van der Waals surface area contributed by atoms with Crippen LogP contribution in [0, 0.1) is 0 Å². The third-order valence-corrected chi connectivity index (χ3v) is 3.82. The quantitative estimate of drug-likeness (QED) is 0.721. The zero-order valence-corrected chi connectivity index (χ0v) is 12.7. The first-order valence-corrected chi connectivity index (χ1v) is 7.32. The van der Waals surface area contributed by atoms with E-state index in [1.807, 2.05) is 6.92 Å². The van der Waals surface area contributed by atoms with Crippen molar-refractivity contribution in [3.8, 4) is 0 Å². The Morgan fingerprint density at radius 3 is 2.55 bits per heavy atom. The van der Waals surface area contributed by atoms with E-state index < -0.39 is 12.6 Å². The van der Waals surface area contributed by atoms with Gasteiger partial charge in [0.25, 0.3) is 0 Å². The van der Waals surface area contributed by atoms with Crippen molar-refractivity contribution in [3.63, 3.8) is 0 Å². The smallest absolute Gasteiger partial charge is 0.314 e.